The summed E-state index contributed by atoms with van der Waals surface area (Å²) in [6.45, 7) is 0.795. The van der Waals surface area contributed by atoms with Gasteiger partial charge in [0, 0.05) is 12.3 Å². The zero-order valence-corrected chi connectivity index (χ0v) is 16.2. The molecule has 29 heavy (non-hydrogen) atoms. The molecule has 6 nitrogen and oxygen atoms in total. The monoisotopic (exact) mass is 407 g/mol. The Labute approximate surface area is 172 Å². The van der Waals surface area contributed by atoms with Gasteiger partial charge in [-0.05, 0) is 29.8 Å². The number of rotatable bonds is 7. The second-order valence-corrected chi connectivity index (χ2v) is 6.73. The molecule has 0 aliphatic carbocycles. The molecule has 0 saturated heterocycles. The van der Waals surface area contributed by atoms with Crippen molar-refractivity contribution >= 4 is 23.3 Å². The van der Waals surface area contributed by atoms with Gasteiger partial charge in [0.15, 0.2) is 11.6 Å². The SMILES string of the molecule is O=C(Nc1ccn(Cc2ccccc2)n1)c1ccc(COc2ccccc2Cl)o1. The molecule has 0 aliphatic rings. The number of carbonyl (C=O) groups is 1. The number of halogens is 1. The van der Waals surface area contributed by atoms with Gasteiger partial charge in [-0.2, -0.15) is 5.10 Å². The maximum Gasteiger partial charge on any atom is 0.292 e. The predicted octanol–water partition coefficient (Wildman–Crippen LogP) is 5.01. The predicted molar refractivity (Wildman–Crippen MR) is 110 cm³/mol. The van der Waals surface area contributed by atoms with Crippen molar-refractivity contribution in [2.24, 2.45) is 0 Å². The molecule has 0 bridgehead atoms. The van der Waals surface area contributed by atoms with Crippen LogP contribution in [0.2, 0.25) is 5.02 Å². The third kappa shape index (κ3) is 4.86. The average molecular weight is 408 g/mol. The fraction of sp³-hybridized carbons (Fsp3) is 0.0909. The number of aromatic nitrogens is 2. The Morgan fingerprint density at radius 2 is 1.83 bits per heavy atom. The maximum atomic E-state index is 12.4. The van der Waals surface area contributed by atoms with Crippen molar-refractivity contribution in [1.82, 2.24) is 9.78 Å². The quantitative estimate of drug-likeness (QED) is 0.467. The van der Waals surface area contributed by atoms with Crippen LogP contribution in [0.15, 0.2) is 83.4 Å². The van der Waals surface area contributed by atoms with Crippen molar-refractivity contribution in [1.29, 1.82) is 0 Å². The van der Waals surface area contributed by atoms with Gasteiger partial charge in [0.25, 0.3) is 5.91 Å². The number of para-hydroxylation sites is 1. The first-order valence-electron chi connectivity index (χ1n) is 9.02. The molecular formula is C22H18ClN3O3. The number of ether oxygens (including phenoxy) is 1. The van der Waals surface area contributed by atoms with Gasteiger partial charge >= 0.3 is 0 Å². The van der Waals surface area contributed by atoms with Crippen LogP contribution < -0.4 is 10.1 Å². The summed E-state index contributed by atoms with van der Waals surface area (Å²) in [6, 6.07) is 22.2. The van der Waals surface area contributed by atoms with Crippen molar-refractivity contribution in [3.8, 4) is 5.75 Å². The smallest absolute Gasteiger partial charge is 0.292 e. The molecular weight excluding hydrogens is 390 g/mol. The third-order valence-electron chi connectivity index (χ3n) is 4.16. The van der Waals surface area contributed by atoms with E-state index in [9.17, 15) is 4.79 Å². The van der Waals surface area contributed by atoms with Crippen molar-refractivity contribution in [3.05, 3.63) is 101 Å². The maximum absolute atomic E-state index is 12.4. The van der Waals surface area contributed by atoms with Crippen LogP contribution in [0.25, 0.3) is 0 Å². The minimum absolute atomic E-state index is 0.169. The number of amides is 1. The van der Waals surface area contributed by atoms with Gasteiger partial charge in [-0.3, -0.25) is 9.48 Å². The van der Waals surface area contributed by atoms with Gasteiger partial charge in [0.05, 0.1) is 11.6 Å². The van der Waals surface area contributed by atoms with E-state index >= 15 is 0 Å². The fourth-order valence-corrected chi connectivity index (χ4v) is 2.94. The zero-order valence-electron chi connectivity index (χ0n) is 15.4. The van der Waals surface area contributed by atoms with E-state index in [0.29, 0.717) is 28.9 Å². The lowest BCUT2D eigenvalue weighted by Gasteiger charge is -2.05. The Kier molecular flexibility index (Phi) is 5.63. The van der Waals surface area contributed by atoms with Crippen LogP contribution in [0.5, 0.6) is 5.75 Å². The molecule has 4 rings (SSSR count). The average Bonchev–Trinajstić information content (AvgIpc) is 3.38. The van der Waals surface area contributed by atoms with Crippen molar-refractivity contribution < 1.29 is 13.9 Å². The number of furan rings is 1. The Morgan fingerprint density at radius 1 is 1.03 bits per heavy atom. The van der Waals surface area contributed by atoms with E-state index in [0.717, 1.165) is 5.56 Å². The molecule has 0 fully saturated rings. The first-order valence-corrected chi connectivity index (χ1v) is 9.40. The van der Waals surface area contributed by atoms with Crippen LogP contribution in [-0.2, 0) is 13.2 Å². The zero-order chi connectivity index (χ0) is 20.1. The molecule has 2 aromatic heterocycles. The number of benzene rings is 2. The number of nitrogens with zero attached hydrogens (tertiary/aromatic N) is 2. The van der Waals surface area contributed by atoms with E-state index < -0.39 is 0 Å². The molecule has 0 saturated carbocycles. The van der Waals surface area contributed by atoms with Gasteiger partial charge in [-0.25, -0.2) is 0 Å². The van der Waals surface area contributed by atoms with E-state index in [1.54, 1.807) is 35.0 Å². The van der Waals surface area contributed by atoms with Gasteiger partial charge in [-0.1, -0.05) is 54.1 Å². The summed E-state index contributed by atoms with van der Waals surface area (Å²) in [6.07, 6.45) is 1.81. The van der Waals surface area contributed by atoms with Crippen molar-refractivity contribution in [3.63, 3.8) is 0 Å². The second kappa shape index (κ2) is 8.67. The topological polar surface area (TPSA) is 69.3 Å². The highest BCUT2D eigenvalue weighted by atomic mass is 35.5. The van der Waals surface area contributed by atoms with Crippen LogP contribution in [0.1, 0.15) is 21.9 Å². The lowest BCUT2D eigenvalue weighted by atomic mass is 10.2. The normalized spacial score (nSPS) is 10.7. The molecule has 1 N–H and O–H groups in total. The fourth-order valence-electron chi connectivity index (χ4n) is 2.75. The van der Waals surface area contributed by atoms with Gasteiger partial charge in [-0.15, -0.1) is 0 Å². The first-order chi connectivity index (χ1) is 14.2. The second-order valence-electron chi connectivity index (χ2n) is 6.32. The molecule has 2 heterocycles. The summed E-state index contributed by atoms with van der Waals surface area (Å²) >= 11 is 6.06. The molecule has 146 valence electrons. The number of carbonyl (C=O) groups excluding carboxylic acids is 1. The highest BCUT2D eigenvalue weighted by Crippen LogP contribution is 2.24. The number of hydrogen-bond donors (Lipinski definition) is 1. The first kappa shape index (κ1) is 18.8. The van der Waals surface area contributed by atoms with E-state index in [1.807, 2.05) is 48.7 Å². The molecule has 2 aromatic carbocycles. The molecule has 0 atom stereocenters. The number of anilines is 1. The Morgan fingerprint density at radius 3 is 2.66 bits per heavy atom. The van der Waals surface area contributed by atoms with E-state index in [1.165, 1.54) is 0 Å². The van der Waals surface area contributed by atoms with E-state index in [-0.39, 0.29) is 18.3 Å². The van der Waals surface area contributed by atoms with E-state index in [4.69, 9.17) is 20.8 Å². The Bertz CT molecular complexity index is 1110. The molecule has 4 aromatic rings. The largest absolute Gasteiger partial charge is 0.484 e. The minimum Gasteiger partial charge on any atom is -0.484 e. The summed E-state index contributed by atoms with van der Waals surface area (Å²) in [4.78, 5) is 12.4. The molecule has 0 radical (unpaired) electrons. The molecule has 0 spiro atoms. The van der Waals surface area contributed by atoms with Crippen molar-refractivity contribution in [2.45, 2.75) is 13.2 Å². The summed E-state index contributed by atoms with van der Waals surface area (Å²) in [5.74, 6) is 1.33. The van der Waals surface area contributed by atoms with Gasteiger partial charge in [0.1, 0.15) is 18.1 Å². The number of hydrogen-bond acceptors (Lipinski definition) is 4. The summed E-state index contributed by atoms with van der Waals surface area (Å²) in [5, 5.41) is 7.62. The summed E-state index contributed by atoms with van der Waals surface area (Å²) < 4.78 is 12.9. The van der Waals surface area contributed by atoms with Crippen LogP contribution in [-0.4, -0.2) is 15.7 Å². The number of nitrogens with one attached hydrogen (secondary N) is 1. The molecule has 0 unspecified atom stereocenters. The summed E-state index contributed by atoms with van der Waals surface area (Å²) in [7, 11) is 0. The summed E-state index contributed by atoms with van der Waals surface area (Å²) in [5.41, 5.74) is 1.13. The van der Waals surface area contributed by atoms with E-state index in [2.05, 4.69) is 10.4 Å². The van der Waals surface area contributed by atoms with Gasteiger partial charge in [0.2, 0.25) is 0 Å². The van der Waals surface area contributed by atoms with Crippen LogP contribution >= 0.6 is 11.6 Å². The highest BCUT2D eigenvalue weighted by molar-refractivity contribution is 6.32. The molecule has 7 heteroatoms. The third-order valence-corrected chi connectivity index (χ3v) is 4.47. The lowest BCUT2D eigenvalue weighted by Crippen LogP contribution is -2.12. The van der Waals surface area contributed by atoms with Gasteiger partial charge < -0.3 is 14.5 Å². The standard InChI is InChI=1S/C22H18ClN3O3/c23-18-8-4-5-9-19(18)28-15-17-10-11-20(29-17)22(27)24-21-12-13-26(25-21)14-16-6-2-1-3-7-16/h1-13H,14-15H2,(H,24,25,27). The van der Waals surface area contributed by atoms with Crippen LogP contribution in [0, 0.1) is 0 Å². The van der Waals surface area contributed by atoms with Crippen molar-refractivity contribution in [2.75, 3.05) is 5.32 Å². The van der Waals surface area contributed by atoms with Crippen LogP contribution in [0.4, 0.5) is 5.82 Å². The minimum atomic E-state index is -0.376. The molecule has 0 aliphatic heterocycles. The van der Waals surface area contributed by atoms with Crippen LogP contribution in [0.3, 0.4) is 0 Å². The molecule has 1 amide bonds. The lowest BCUT2D eigenvalue weighted by molar-refractivity contribution is 0.0992. The highest BCUT2D eigenvalue weighted by Gasteiger charge is 2.13. The Hall–Kier alpha value is -3.51. The Balaban J connectivity index is 1.34.